The summed E-state index contributed by atoms with van der Waals surface area (Å²) >= 11 is 0. The van der Waals surface area contributed by atoms with Crippen molar-refractivity contribution in [3.63, 3.8) is 0 Å². The molecule has 1 aliphatic heterocycles. The summed E-state index contributed by atoms with van der Waals surface area (Å²) in [7, 11) is 1.54. The van der Waals surface area contributed by atoms with E-state index in [0.29, 0.717) is 17.3 Å². The molecule has 4 amide bonds. The number of para-hydroxylation sites is 2. The van der Waals surface area contributed by atoms with Gasteiger partial charge in [-0.05, 0) is 48.7 Å². The zero-order valence-electron chi connectivity index (χ0n) is 18.8. The molecule has 1 saturated heterocycles. The van der Waals surface area contributed by atoms with E-state index in [4.69, 9.17) is 4.74 Å². The maximum absolute atomic E-state index is 12.8. The number of imidazole rings is 1. The van der Waals surface area contributed by atoms with Crippen LogP contribution in [0.25, 0.3) is 11.0 Å². The number of imide groups is 1. The first-order valence-corrected chi connectivity index (χ1v) is 10.9. The lowest BCUT2D eigenvalue weighted by atomic mass is 10.0. The summed E-state index contributed by atoms with van der Waals surface area (Å²) in [5, 5.41) is 5.68. The SMILES string of the molecule is COc1ccc(N2C(=O)N[C@H](CCC(=O)N[C@H](c3nc4ccccc4[nH]3)C(C)C)C2=O)cc1. The molecule has 2 aromatic carbocycles. The first-order chi connectivity index (χ1) is 15.9. The van der Waals surface area contributed by atoms with Crippen LogP contribution in [-0.4, -0.2) is 41.0 Å². The van der Waals surface area contributed by atoms with E-state index in [2.05, 4.69) is 20.6 Å². The molecule has 0 aliphatic carbocycles. The minimum absolute atomic E-state index is 0.0938. The standard InChI is InChI=1S/C24H27N5O4/c1-14(2)21(22-25-17-6-4-5-7-18(17)26-22)28-20(30)13-12-19-23(31)29(24(32)27-19)15-8-10-16(33-3)11-9-15/h4-11,14,19,21H,12-13H2,1-3H3,(H,25,26)(H,27,32)(H,28,30)/t19-,21+/m1/s1. The van der Waals surface area contributed by atoms with Crippen LogP contribution >= 0.6 is 0 Å². The molecule has 1 aromatic heterocycles. The van der Waals surface area contributed by atoms with Gasteiger partial charge in [-0.25, -0.2) is 14.7 Å². The van der Waals surface area contributed by atoms with Gasteiger partial charge >= 0.3 is 6.03 Å². The Morgan fingerprint density at radius 1 is 1.15 bits per heavy atom. The quantitative estimate of drug-likeness (QED) is 0.456. The van der Waals surface area contributed by atoms with Crippen LogP contribution in [0.5, 0.6) is 5.75 Å². The number of ether oxygens (including phenoxy) is 1. The summed E-state index contributed by atoms with van der Waals surface area (Å²) in [5.74, 6) is 0.835. The van der Waals surface area contributed by atoms with Crippen molar-refractivity contribution in [3.8, 4) is 5.75 Å². The number of rotatable bonds is 8. The Bertz CT molecular complexity index is 1140. The normalized spacial score (nSPS) is 16.8. The van der Waals surface area contributed by atoms with Gasteiger partial charge in [0.05, 0.1) is 29.9 Å². The monoisotopic (exact) mass is 449 g/mol. The highest BCUT2D eigenvalue weighted by Crippen LogP contribution is 2.25. The summed E-state index contributed by atoms with van der Waals surface area (Å²) in [6.45, 7) is 4.01. The van der Waals surface area contributed by atoms with Gasteiger partial charge in [-0.15, -0.1) is 0 Å². The number of hydrogen-bond donors (Lipinski definition) is 3. The van der Waals surface area contributed by atoms with E-state index in [1.54, 1.807) is 31.4 Å². The molecular weight excluding hydrogens is 422 g/mol. The van der Waals surface area contributed by atoms with Crippen molar-refractivity contribution in [1.29, 1.82) is 0 Å². The number of nitrogens with zero attached hydrogens (tertiary/aromatic N) is 2. The van der Waals surface area contributed by atoms with Crippen molar-refractivity contribution in [2.24, 2.45) is 5.92 Å². The molecule has 9 heteroatoms. The number of hydrogen-bond acceptors (Lipinski definition) is 5. The average molecular weight is 450 g/mol. The Hall–Kier alpha value is -3.88. The van der Waals surface area contributed by atoms with Crippen LogP contribution in [0.3, 0.4) is 0 Å². The number of H-pyrrole nitrogens is 1. The van der Waals surface area contributed by atoms with Gasteiger partial charge in [0.1, 0.15) is 17.6 Å². The largest absolute Gasteiger partial charge is 0.497 e. The fraction of sp³-hybridized carbons (Fsp3) is 0.333. The first-order valence-electron chi connectivity index (χ1n) is 10.9. The molecule has 1 fully saturated rings. The molecular formula is C24H27N5O4. The third-order valence-electron chi connectivity index (χ3n) is 5.70. The van der Waals surface area contributed by atoms with Crippen LogP contribution in [0.4, 0.5) is 10.5 Å². The molecule has 3 N–H and O–H groups in total. The van der Waals surface area contributed by atoms with Gasteiger partial charge in [-0.2, -0.15) is 0 Å². The second kappa shape index (κ2) is 9.32. The zero-order valence-corrected chi connectivity index (χ0v) is 18.8. The highest BCUT2D eigenvalue weighted by molar-refractivity contribution is 6.21. The summed E-state index contributed by atoms with van der Waals surface area (Å²) in [5.41, 5.74) is 2.20. The van der Waals surface area contributed by atoms with Crippen molar-refractivity contribution in [3.05, 3.63) is 54.4 Å². The minimum Gasteiger partial charge on any atom is -0.497 e. The molecule has 9 nitrogen and oxygen atoms in total. The topological polar surface area (TPSA) is 116 Å². The number of carbonyl (C=O) groups is 3. The van der Waals surface area contributed by atoms with Gasteiger partial charge < -0.3 is 20.4 Å². The Labute approximate surface area is 191 Å². The number of carbonyl (C=O) groups excluding carboxylic acids is 3. The van der Waals surface area contributed by atoms with E-state index < -0.39 is 12.1 Å². The van der Waals surface area contributed by atoms with Gasteiger partial charge in [0.25, 0.3) is 5.91 Å². The predicted molar refractivity (Wildman–Crippen MR) is 124 cm³/mol. The van der Waals surface area contributed by atoms with Crippen LogP contribution in [0.1, 0.15) is 38.6 Å². The average Bonchev–Trinajstić information content (AvgIpc) is 3.36. The molecule has 1 aliphatic rings. The fourth-order valence-electron chi connectivity index (χ4n) is 3.89. The molecule has 3 aromatic rings. The molecule has 0 spiro atoms. The smallest absolute Gasteiger partial charge is 0.329 e. The fourth-order valence-corrected chi connectivity index (χ4v) is 3.89. The summed E-state index contributed by atoms with van der Waals surface area (Å²) in [6, 6.07) is 12.8. The number of urea groups is 1. The van der Waals surface area contributed by atoms with Crippen molar-refractivity contribution < 1.29 is 19.1 Å². The van der Waals surface area contributed by atoms with Gasteiger partial charge in [-0.3, -0.25) is 9.59 Å². The number of nitrogens with one attached hydrogen (secondary N) is 3. The summed E-state index contributed by atoms with van der Waals surface area (Å²) in [6.07, 6.45) is 0.296. The van der Waals surface area contributed by atoms with Crippen molar-refractivity contribution in [2.75, 3.05) is 12.0 Å². The number of amides is 4. The molecule has 172 valence electrons. The van der Waals surface area contributed by atoms with Crippen LogP contribution in [0.15, 0.2) is 48.5 Å². The lowest BCUT2D eigenvalue weighted by molar-refractivity contribution is -0.122. The van der Waals surface area contributed by atoms with E-state index >= 15 is 0 Å². The molecule has 4 rings (SSSR count). The van der Waals surface area contributed by atoms with Crippen LogP contribution in [0.2, 0.25) is 0 Å². The number of anilines is 1. The van der Waals surface area contributed by atoms with E-state index in [9.17, 15) is 14.4 Å². The molecule has 33 heavy (non-hydrogen) atoms. The second-order valence-electron chi connectivity index (χ2n) is 8.34. The molecule has 2 heterocycles. The molecule has 2 atom stereocenters. The van der Waals surface area contributed by atoms with Crippen LogP contribution in [0, 0.1) is 5.92 Å². The molecule has 0 bridgehead atoms. The molecule has 0 unspecified atom stereocenters. The highest BCUT2D eigenvalue weighted by atomic mass is 16.5. The van der Waals surface area contributed by atoms with E-state index in [0.717, 1.165) is 15.9 Å². The third kappa shape index (κ3) is 4.67. The third-order valence-corrected chi connectivity index (χ3v) is 5.70. The van der Waals surface area contributed by atoms with Crippen molar-refractivity contribution in [2.45, 2.75) is 38.8 Å². The van der Waals surface area contributed by atoms with Crippen molar-refractivity contribution >= 4 is 34.6 Å². The van der Waals surface area contributed by atoms with E-state index in [1.165, 1.54) is 0 Å². The second-order valence-corrected chi connectivity index (χ2v) is 8.34. The molecule has 0 radical (unpaired) electrons. The summed E-state index contributed by atoms with van der Waals surface area (Å²) < 4.78 is 5.11. The maximum Gasteiger partial charge on any atom is 0.329 e. The number of methoxy groups -OCH3 is 1. The number of aromatic amines is 1. The number of benzene rings is 2. The Morgan fingerprint density at radius 3 is 2.55 bits per heavy atom. The Morgan fingerprint density at radius 2 is 1.88 bits per heavy atom. The number of aromatic nitrogens is 2. The van der Waals surface area contributed by atoms with Gasteiger partial charge in [-0.1, -0.05) is 26.0 Å². The van der Waals surface area contributed by atoms with E-state index in [-0.39, 0.29) is 36.6 Å². The van der Waals surface area contributed by atoms with Gasteiger partial charge in [0.15, 0.2) is 0 Å². The van der Waals surface area contributed by atoms with Crippen LogP contribution < -0.4 is 20.3 Å². The lowest BCUT2D eigenvalue weighted by Crippen LogP contribution is -2.35. The van der Waals surface area contributed by atoms with Gasteiger partial charge in [0.2, 0.25) is 5.91 Å². The molecule has 0 saturated carbocycles. The minimum atomic E-state index is -0.756. The Kier molecular flexibility index (Phi) is 6.30. The predicted octanol–water partition coefficient (Wildman–Crippen LogP) is 3.29. The van der Waals surface area contributed by atoms with Crippen molar-refractivity contribution in [1.82, 2.24) is 20.6 Å². The summed E-state index contributed by atoms with van der Waals surface area (Å²) in [4.78, 5) is 46.9. The van der Waals surface area contributed by atoms with Gasteiger partial charge in [0, 0.05) is 6.42 Å². The zero-order chi connectivity index (χ0) is 23.5. The first kappa shape index (κ1) is 22.3. The maximum atomic E-state index is 12.8. The Balaban J connectivity index is 1.38. The van der Waals surface area contributed by atoms with Crippen LogP contribution in [-0.2, 0) is 9.59 Å². The highest BCUT2D eigenvalue weighted by Gasteiger charge is 2.39. The number of fused-ring (bicyclic) bond motifs is 1. The van der Waals surface area contributed by atoms with E-state index in [1.807, 2.05) is 38.1 Å². The lowest BCUT2D eigenvalue weighted by Gasteiger charge is -2.20.